The Hall–Kier alpha value is -0.880. The molecular formula is C7H5BrN2. The van der Waals surface area contributed by atoms with Gasteiger partial charge >= 0.3 is 0 Å². The van der Waals surface area contributed by atoms with E-state index in [1.54, 1.807) is 12.4 Å². The molecule has 0 aliphatic heterocycles. The van der Waals surface area contributed by atoms with Gasteiger partial charge in [0.1, 0.15) is 6.07 Å². The third-order valence-corrected chi connectivity index (χ3v) is 1.78. The molecule has 1 aromatic heterocycles. The highest BCUT2D eigenvalue weighted by Crippen LogP contribution is 2.08. The Morgan fingerprint density at radius 1 is 1.70 bits per heavy atom. The molecule has 0 aromatic carbocycles. The van der Waals surface area contributed by atoms with Crippen molar-refractivity contribution in [3.63, 3.8) is 0 Å². The van der Waals surface area contributed by atoms with Crippen LogP contribution in [0.25, 0.3) is 0 Å². The first-order chi connectivity index (χ1) is 4.88. The lowest BCUT2D eigenvalue weighted by Gasteiger charge is -1.94. The number of aromatic nitrogens is 1. The molecule has 1 heterocycles. The molecule has 0 unspecified atom stereocenters. The number of pyridine rings is 1. The highest BCUT2D eigenvalue weighted by atomic mass is 79.9. The van der Waals surface area contributed by atoms with Crippen LogP contribution in [-0.2, 0) is 5.33 Å². The van der Waals surface area contributed by atoms with Crippen LogP contribution < -0.4 is 0 Å². The predicted octanol–water partition coefficient (Wildman–Crippen LogP) is 1.85. The summed E-state index contributed by atoms with van der Waals surface area (Å²) in [7, 11) is 0. The zero-order chi connectivity index (χ0) is 7.40. The van der Waals surface area contributed by atoms with Gasteiger partial charge in [0.2, 0.25) is 0 Å². The molecule has 0 bridgehead atoms. The summed E-state index contributed by atoms with van der Waals surface area (Å²) < 4.78 is 0. The van der Waals surface area contributed by atoms with Gasteiger partial charge in [-0.25, -0.2) is 0 Å². The number of rotatable bonds is 1. The van der Waals surface area contributed by atoms with Crippen LogP contribution in [0.2, 0.25) is 0 Å². The first-order valence-corrected chi connectivity index (χ1v) is 3.89. The lowest BCUT2D eigenvalue weighted by Crippen LogP contribution is -1.85. The summed E-state index contributed by atoms with van der Waals surface area (Å²) in [6.07, 6.45) is 3.24. The Morgan fingerprint density at radius 3 is 3.00 bits per heavy atom. The van der Waals surface area contributed by atoms with Crippen LogP contribution in [0.5, 0.6) is 0 Å². The first kappa shape index (κ1) is 7.23. The molecule has 1 aromatic rings. The highest BCUT2D eigenvalue weighted by molar-refractivity contribution is 9.08. The van der Waals surface area contributed by atoms with Crippen molar-refractivity contribution in [2.45, 2.75) is 5.33 Å². The maximum atomic E-state index is 8.54. The Bertz CT molecular complexity index is 265. The minimum absolute atomic E-state index is 0.638. The monoisotopic (exact) mass is 196 g/mol. The Kier molecular flexibility index (Phi) is 2.41. The Labute approximate surface area is 67.6 Å². The van der Waals surface area contributed by atoms with Gasteiger partial charge in [-0.1, -0.05) is 15.9 Å². The van der Waals surface area contributed by atoms with Crippen molar-refractivity contribution in [2.24, 2.45) is 0 Å². The molecule has 3 heteroatoms. The Morgan fingerprint density at radius 2 is 2.50 bits per heavy atom. The van der Waals surface area contributed by atoms with Crippen LogP contribution in [0, 0.1) is 11.3 Å². The average molecular weight is 197 g/mol. The van der Waals surface area contributed by atoms with Crippen LogP contribution in [0.1, 0.15) is 11.1 Å². The van der Waals surface area contributed by atoms with E-state index in [0.29, 0.717) is 10.9 Å². The molecule has 0 aliphatic rings. The van der Waals surface area contributed by atoms with Crippen molar-refractivity contribution in [3.05, 3.63) is 29.6 Å². The minimum Gasteiger partial charge on any atom is -0.263 e. The van der Waals surface area contributed by atoms with Gasteiger partial charge < -0.3 is 0 Å². The van der Waals surface area contributed by atoms with Gasteiger partial charge in [0.15, 0.2) is 0 Å². The van der Waals surface area contributed by atoms with Gasteiger partial charge in [-0.15, -0.1) is 0 Å². The second-order valence-corrected chi connectivity index (χ2v) is 2.34. The van der Waals surface area contributed by atoms with Crippen LogP contribution in [0.3, 0.4) is 0 Å². The molecule has 1 rings (SSSR count). The fraction of sp³-hybridized carbons (Fsp3) is 0.143. The quantitative estimate of drug-likeness (QED) is 0.644. The van der Waals surface area contributed by atoms with Gasteiger partial charge in [-0.05, 0) is 11.6 Å². The number of alkyl halides is 1. The van der Waals surface area contributed by atoms with Crippen molar-refractivity contribution in [1.82, 2.24) is 4.98 Å². The number of halogens is 1. The van der Waals surface area contributed by atoms with Crippen LogP contribution in [-0.4, -0.2) is 4.98 Å². The summed E-state index contributed by atoms with van der Waals surface area (Å²) in [5, 5.41) is 9.25. The van der Waals surface area contributed by atoms with Crippen molar-refractivity contribution in [1.29, 1.82) is 5.26 Å². The third-order valence-electron chi connectivity index (χ3n) is 1.18. The summed E-state index contributed by atoms with van der Waals surface area (Å²) in [4.78, 5) is 3.82. The van der Waals surface area contributed by atoms with Crippen molar-refractivity contribution < 1.29 is 0 Å². The topological polar surface area (TPSA) is 36.7 Å². The second-order valence-electron chi connectivity index (χ2n) is 1.78. The summed E-state index contributed by atoms with van der Waals surface area (Å²) in [5.41, 5.74) is 1.62. The van der Waals surface area contributed by atoms with E-state index in [1.165, 1.54) is 0 Å². The van der Waals surface area contributed by atoms with Gasteiger partial charge in [-0.2, -0.15) is 5.26 Å². The van der Waals surface area contributed by atoms with E-state index in [4.69, 9.17) is 5.26 Å². The zero-order valence-electron chi connectivity index (χ0n) is 5.21. The van der Waals surface area contributed by atoms with Gasteiger partial charge in [0.25, 0.3) is 0 Å². The third kappa shape index (κ3) is 1.34. The lowest BCUT2D eigenvalue weighted by molar-refractivity contribution is 1.25. The molecule has 0 radical (unpaired) electrons. The molecule has 10 heavy (non-hydrogen) atoms. The highest BCUT2D eigenvalue weighted by Gasteiger charge is 1.96. The number of hydrogen-bond donors (Lipinski definition) is 0. The standard InChI is InChI=1S/C7H5BrN2/c8-3-6-1-2-10-5-7(6)4-9/h1-2,5H,3H2. The van der Waals surface area contributed by atoms with Crippen LogP contribution in [0.15, 0.2) is 18.5 Å². The van der Waals surface area contributed by atoms with E-state index in [-0.39, 0.29) is 0 Å². The molecular weight excluding hydrogens is 192 g/mol. The second kappa shape index (κ2) is 3.33. The number of nitrogens with zero attached hydrogens (tertiary/aromatic N) is 2. The van der Waals surface area contributed by atoms with E-state index in [2.05, 4.69) is 27.0 Å². The normalized spacial score (nSPS) is 8.80. The summed E-state index contributed by atoms with van der Waals surface area (Å²) >= 11 is 3.27. The number of hydrogen-bond acceptors (Lipinski definition) is 2. The molecule has 0 atom stereocenters. The van der Waals surface area contributed by atoms with E-state index >= 15 is 0 Å². The summed E-state index contributed by atoms with van der Waals surface area (Å²) in [6.45, 7) is 0. The fourth-order valence-electron chi connectivity index (χ4n) is 0.640. The SMILES string of the molecule is N#Cc1cnccc1CBr. The smallest absolute Gasteiger partial charge is 0.101 e. The van der Waals surface area contributed by atoms with Crippen LogP contribution >= 0.6 is 15.9 Å². The molecule has 0 amide bonds. The van der Waals surface area contributed by atoms with E-state index in [1.807, 2.05) is 6.07 Å². The molecule has 0 saturated heterocycles. The van der Waals surface area contributed by atoms with Crippen molar-refractivity contribution >= 4 is 15.9 Å². The Balaban J connectivity index is 3.12. The summed E-state index contributed by atoms with van der Waals surface area (Å²) in [6, 6.07) is 3.88. The van der Waals surface area contributed by atoms with E-state index in [9.17, 15) is 0 Å². The molecule has 2 nitrogen and oxygen atoms in total. The van der Waals surface area contributed by atoms with Gasteiger partial charge in [0.05, 0.1) is 5.56 Å². The molecule has 0 aliphatic carbocycles. The maximum Gasteiger partial charge on any atom is 0.101 e. The van der Waals surface area contributed by atoms with Gasteiger partial charge in [0, 0.05) is 17.7 Å². The predicted molar refractivity (Wildman–Crippen MR) is 41.6 cm³/mol. The van der Waals surface area contributed by atoms with Crippen molar-refractivity contribution in [2.75, 3.05) is 0 Å². The molecule has 0 saturated carbocycles. The summed E-state index contributed by atoms with van der Waals surface area (Å²) in [5.74, 6) is 0. The molecule has 50 valence electrons. The maximum absolute atomic E-state index is 8.54. The van der Waals surface area contributed by atoms with Crippen LogP contribution in [0.4, 0.5) is 0 Å². The molecule has 0 N–H and O–H groups in total. The van der Waals surface area contributed by atoms with E-state index in [0.717, 1.165) is 5.56 Å². The molecule has 0 fully saturated rings. The molecule has 0 spiro atoms. The number of nitriles is 1. The van der Waals surface area contributed by atoms with Gasteiger partial charge in [-0.3, -0.25) is 4.98 Å². The van der Waals surface area contributed by atoms with Crippen molar-refractivity contribution in [3.8, 4) is 6.07 Å². The average Bonchev–Trinajstić information content (AvgIpc) is 2.04. The minimum atomic E-state index is 0.638. The fourth-order valence-corrected chi connectivity index (χ4v) is 1.13. The lowest BCUT2D eigenvalue weighted by atomic mass is 10.2. The largest absolute Gasteiger partial charge is 0.263 e. The first-order valence-electron chi connectivity index (χ1n) is 2.77. The van der Waals surface area contributed by atoms with E-state index < -0.39 is 0 Å². The zero-order valence-corrected chi connectivity index (χ0v) is 6.80.